The Bertz CT molecular complexity index is 1270. The molecule has 0 unspecified atom stereocenters. The fraction of sp³-hybridized carbons (Fsp3) is 0.350. The fourth-order valence-electron chi connectivity index (χ4n) is 3.35. The van der Waals surface area contributed by atoms with Crippen LogP contribution in [0.3, 0.4) is 0 Å². The minimum Gasteiger partial charge on any atom is -0.475 e. The van der Waals surface area contributed by atoms with Gasteiger partial charge in [-0.3, -0.25) is 9.67 Å². The first-order valence-electron chi connectivity index (χ1n) is 9.88. The molecule has 14 heteroatoms. The van der Waals surface area contributed by atoms with Gasteiger partial charge in [0.2, 0.25) is 0 Å². The second-order valence-electron chi connectivity index (χ2n) is 7.71. The summed E-state index contributed by atoms with van der Waals surface area (Å²) in [6.45, 7) is 1.19. The molecule has 0 saturated heterocycles. The Hall–Kier alpha value is -3.23. The largest absolute Gasteiger partial charge is 0.490 e. The van der Waals surface area contributed by atoms with Crippen LogP contribution in [0.15, 0.2) is 43.0 Å². The molecule has 0 fully saturated rings. The van der Waals surface area contributed by atoms with Crippen LogP contribution in [-0.4, -0.2) is 67.7 Å². The third-order valence-electron chi connectivity index (χ3n) is 5.06. The lowest BCUT2D eigenvalue weighted by Gasteiger charge is -2.24. The number of fused-ring (bicyclic) bond motifs is 3. The second kappa shape index (κ2) is 9.56. The summed E-state index contributed by atoms with van der Waals surface area (Å²) >= 11 is 0. The first-order chi connectivity index (χ1) is 15.8. The number of rotatable bonds is 4. The van der Waals surface area contributed by atoms with Crippen molar-refractivity contribution < 1.29 is 31.5 Å². The van der Waals surface area contributed by atoms with E-state index in [2.05, 4.69) is 4.98 Å². The summed E-state index contributed by atoms with van der Waals surface area (Å²) in [5.41, 5.74) is 4.70. The van der Waals surface area contributed by atoms with Crippen molar-refractivity contribution in [3.63, 3.8) is 0 Å². The van der Waals surface area contributed by atoms with E-state index in [9.17, 15) is 21.6 Å². The molecule has 184 valence electrons. The Morgan fingerprint density at radius 3 is 2.47 bits per heavy atom. The number of hydrogen-bond donors (Lipinski definition) is 1. The van der Waals surface area contributed by atoms with E-state index in [0.29, 0.717) is 13.1 Å². The number of alkyl halides is 3. The Morgan fingerprint density at radius 2 is 1.91 bits per heavy atom. The normalized spacial score (nSPS) is 14.1. The molecular formula is C20H23F3N6O4S. The Kier molecular flexibility index (Phi) is 7.14. The Balaban J connectivity index is 0.000000406. The zero-order chi connectivity index (χ0) is 25.3. The van der Waals surface area contributed by atoms with Crippen molar-refractivity contribution in [2.75, 3.05) is 14.1 Å². The highest BCUT2D eigenvalue weighted by atomic mass is 32.2. The van der Waals surface area contributed by atoms with E-state index >= 15 is 0 Å². The number of carboxylic acids is 1. The number of aliphatic carboxylic acids is 1. The van der Waals surface area contributed by atoms with Gasteiger partial charge in [0.25, 0.3) is 10.2 Å². The zero-order valence-corrected chi connectivity index (χ0v) is 19.4. The molecule has 34 heavy (non-hydrogen) atoms. The van der Waals surface area contributed by atoms with Gasteiger partial charge >= 0.3 is 12.1 Å². The number of hydrogen-bond acceptors (Lipinski definition) is 5. The van der Waals surface area contributed by atoms with Gasteiger partial charge in [-0.15, -0.1) is 0 Å². The van der Waals surface area contributed by atoms with E-state index in [1.807, 2.05) is 53.1 Å². The van der Waals surface area contributed by atoms with Gasteiger partial charge in [-0.2, -0.15) is 35.3 Å². The molecule has 0 spiro atoms. The van der Waals surface area contributed by atoms with Crippen molar-refractivity contribution in [2.45, 2.75) is 25.8 Å². The summed E-state index contributed by atoms with van der Waals surface area (Å²) in [5, 5.41) is 11.9. The van der Waals surface area contributed by atoms with Crippen molar-refractivity contribution in [3.05, 3.63) is 59.8 Å². The third-order valence-corrected chi connectivity index (χ3v) is 6.90. The van der Waals surface area contributed by atoms with Crippen LogP contribution >= 0.6 is 0 Å². The molecule has 0 radical (unpaired) electrons. The number of carboxylic acid groups (broad SMARTS) is 1. The average Bonchev–Trinajstić information content (AvgIpc) is 3.26. The fourth-order valence-corrected chi connectivity index (χ4v) is 4.40. The van der Waals surface area contributed by atoms with Gasteiger partial charge in [0.15, 0.2) is 0 Å². The number of carbonyl (C=O) groups is 1. The topological polar surface area (TPSA) is 114 Å². The third kappa shape index (κ3) is 5.46. The summed E-state index contributed by atoms with van der Waals surface area (Å²) in [4.78, 5) is 13.0. The van der Waals surface area contributed by atoms with Gasteiger partial charge in [0.05, 0.1) is 18.8 Å². The van der Waals surface area contributed by atoms with Gasteiger partial charge in [-0.25, -0.2) is 4.79 Å². The monoisotopic (exact) mass is 500 g/mol. The van der Waals surface area contributed by atoms with Crippen molar-refractivity contribution >= 4 is 16.2 Å². The van der Waals surface area contributed by atoms with Gasteiger partial charge in [-0.1, -0.05) is 6.07 Å². The second-order valence-corrected chi connectivity index (χ2v) is 9.85. The van der Waals surface area contributed by atoms with Crippen LogP contribution in [0.2, 0.25) is 0 Å². The van der Waals surface area contributed by atoms with E-state index in [0.717, 1.165) is 28.1 Å². The highest BCUT2D eigenvalue weighted by molar-refractivity contribution is 7.86. The average molecular weight is 501 g/mol. The molecule has 1 aliphatic heterocycles. The predicted molar refractivity (Wildman–Crippen MR) is 116 cm³/mol. The van der Waals surface area contributed by atoms with E-state index in [1.54, 1.807) is 20.3 Å². The standard InChI is InChI=1S/C18H22N6O2S.C2HF3O2/c1-21(2)27(25,26)24-12-15-11-23(10-14-5-4-7-19-9-14)20-18(15)16-6-8-22(3)17(16)13-24;3-2(4,5)1(6)7/h4-9,11H,10,12-13H2,1-3H3;(H,6,7). The van der Waals surface area contributed by atoms with Crippen LogP contribution in [-0.2, 0) is 41.7 Å². The molecule has 0 amide bonds. The summed E-state index contributed by atoms with van der Waals surface area (Å²) in [6.07, 6.45) is 2.34. The summed E-state index contributed by atoms with van der Waals surface area (Å²) in [5.74, 6) is -2.76. The van der Waals surface area contributed by atoms with Gasteiger partial charge in [0, 0.05) is 69.3 Å². The van der Waals surface area contributed by atoms with Crippen LogP contribution in [0.4, 0.5) is 13.2 Å². The lowest BCUT2D eigenvalue weighted by molar-refractivity contribution is -0.192. The SMILES string of the molecule is CN(C)S(=O)(=O)N1Cc2cn(Cc3cccnc3)nc2-c2ccn(C)c2C1.O=C(O)C(F)(F)F. The molecule has 4 heterocycles. The molecule has 10 nitrogen and oxygen atoms in total. The maximum absolute atomic E-state index is 12.8. The van der Waals surface area contributed by atoms with E-state index < -0.39 is 22.4 Å². The molecule has 0 atom stereocenters. The minimum absolute atomic E-state index is 0.289. The summed E-state index contributed by atoms with van der Waals surface area (Å²) < 4.78 is 63.9. The van der Waals surface area contributed by atoms with Crippen molar-refractivity contribution in [3.8, 4) is 11.3 Å². The Labute approximate surface area is 194 Å². The first-order valence-corrected chi connectivity index (χ1v) is 11.3. The number of aryl methyl sites for hydroxylation is 1. The Morgan fingerprint density at radius 1 is 1.24 bits per heavy atom. The van der Waals surface area contributed by atoms with Crippen LogP contribution in [0.1, 0.15) is 16.8 Å². The number of halogens is 3. The van der Waals surface area contributed by atoms with Gasteiger partial charge in [-0.05, 0) is 17.7 Å². The highest BCUT2D eigenvalue weighted by Gasteiger charge is 2.38. The van der Waals surface area contributed by atoms with Crippen LogP contribution in [0.5, 0.6) is 0 Å². The molecule has 0 aromatic carbocycles. The molecular weight excluding hydrogens is 477 g/mol. The lowest BCUT2D eigenvalue weighted by Crippen LogP contribution is -2.39. The number of aromatic nitrogens is 4. The highest BCUT2D eigenvalue weighted by Crippen LogP contribution is 2.33. The number of nitrogens with zero attached hydrogens (tertiary/aromatic N) is 6. The molecule has 1 N–H and O–H groups in total. The smallest absolute Gasteiger partial charge is 0.475 e. The first kappa shape index (κ1) is 25.4. The molecule has 1 aliphatic rings. The maximum Gasteiger partial charge on any atom is 0.490 e. The van der Waals surface area contributed by atoms with E-state index in [-0.39, 0.29) is 6.54 Å². The quantitative estimate of drug-likeness (QED) is 0.587. The van der Waals surface area contributed by atoms with Crippen LogP contribution in [0.25, 0.3) is 11.3 Å². The van der Waals surface area contributed by atoms with E-state index in [1.165, 1.54) is 8.61 Å². The van der Waals surface area contributed by atoms with Crippen molar-refractivity contribution in [2.24, 2.45) is 7.05 Å². The zero-order valence-electron chi connectivity index (χ0n) is 18.6. The summed E-state index contributed by atoms with van der Waals surface area (Å²) in [6, 6.07) is 5.89. The van der Waals surface area contributed by atoms with Gasteiger partial charge < -0.3 is 9.67 Å². The predicted octanol–water partition coefficient (Wildman–Crippen LogP) is 2.09. The number of pyridine rings is 1. The molecule has 0 aliphatic carbocycles. The molecule has 3 aromatic heterocycles. The molecule has 3 aromatic rings. The van der Waals surface area contributed by atoms with Gasteiger partial charge in [0.1, 0.15) is 0 Å². The molecule has 0 bridgehead atoms. The molecule has 4 rings (SSSR count). The maximum atomic E-state index is 12.8. The van der Waals surface area contributed by atoms with Crippen molar-refractivity contribution in [1.29, 1.82) is 0 Å². The van der Waals surface area contributed by atoms with Crippen LogP contribution < -0.4 is 0 Å². The van der Waals surface area contributed by atoms with E-state index in [4.69, 9.17) is 15.0 Å². The van der Waals surface area contributed by atoms with Crippen molar-refractivity contribution in [1.82, 2.24) is 27.9 Å². The summed E-state index contributed by atoms with van der Waals surface area (Å²) in [7, 11) is 1.49. The molecule has 0 saturated carbocycles. The minimum atomic E-state index is -5.08. The lowest BCUT2D eigenvalue weighted by atomic mass is 10.1. The van der Waals surface area contributed by atoms with Crippen LogP contribution in [0, 0.1) is 0 Å².